The molecule has 1 saturated heterocycles. The van der Waals surface area contributed by atoms with Gasteiger partial charge < -0.3 is 10.1 Å². The molecule has 1 aliphatic heterocycles. The number of aromatic nitrogens is 2. The summed E-state index contributed by atoms with van der Waals surface area (Å²) in [6.45, 7) is 7.15. The number of H-pyrrole nitrogens is 1. The summed E-state index contributed by atoms with van der Waals surface area (Å²) in [7, 11) is -3.58. The van der Waals surface area contributed by atoms with Crippen molar-refractivity contribution in [2.24, 2.45) is 0 Å². The Morgan fingerprint density at radius 2 is 2.24 bits per heavy atom. The molecule has 1 unspecified atom stereocenters. The van der Waals surface area contributed by atoms with E-state index in [9.17, 15) is 8.42 Å². The predicted molar refractivity (Wildman–Crippen MR) is 79.5 cm³/mol. The van der Waals surface area contributed by atoms with E-state index in [0.717, 1.165) is 12.8 Å². The molecule has 2 rings (SSSR count). The normalized spacial score (nSPS) is 19.5. The molecule has 0 aromatic carbocycles. The number of aryl methyl sites for hydroxylation is 1. The number of rotatable bonds is 7. The summed E-state index contributed by atoms with van der Waals surface area (Å²) in [5, 5.41) is 10.0. The van der Waals surface area contributed by atoms with Crippen molar-refractivity contribution in [3.63, 3.8) is 0 Å². The maximum Gasteiger partial charge on any atom is 0.244 e. The Morgan fingerprint density at radius 1 is 1.48 bits per heavy atom. The first-order valence-corrected chi connectivity index (χ1v) is 8.77. The van der Waals surface area contributed by atoms with Crippen molar-refractivity contribution < 1.29 is 13.2 Å². The molecular formula is C13H24N4O3S. The van der Waals surface area contributed by atoms with Crippen molar-refractivity contribution in [1.29, 1.82) is 0 Å². The summed E-state index contributed by atoms with van der Waals surface area (Å²) in [6, 6.07) is 0.261. The Morgan fingerprint density at radius 3 is 2.86 bits per heavy atom. The lowest BCUT2D eigenvalue weighted by Crippen LogP contribution is -2.33. The van der Waals surface area contributed by atoms with Crippen LogP contribution < -0.4 is 10.0 Å². The first kappa shape index (κ1) is 16.4. The standard InChI is InChI=1S/C13H24N4O3S/c1-9(2)14-8-12-13(10(3)16-17-12)21(18,19)15-7-11-5-4-6-20-11/h9,11,14-15H,4-8H2,1-3H3,(H,16,17). The van der Waals surface area contributed by atoms with Crippen LogP contribution >= 0.6 is 0 Å². The zero-order valence-corrected chi connectivity index (χ0v) is 13.6. The molecular weight excluding hydrogens is 292 g/mol. The van der Waals surface area contributed by atoms with Gasteiger partial charge in [0.1, 0.15) is 4.90 Å². The summed E-state index contributed by atoms with van der Waals surface area (Å²) in [5.74, 6) is 0. The molecule has 1 aromatic heterocycles. The SMILES string of the molecule is Cc1[nH]nc(CNC(C)C)c1S(=O)(=O)NCC1CCCO1. The molecule has 3 N–H and O–H groups in total. The van der Waals surface area contributed by atoms with Crippen LogP contribution in [0.25, 0.3) is 0 Å². The van der Waals surface area contributed by atoms with E-state index in [1.165, 1.54) is 0 Å². The fourth-order valence-electron chi connectivity index (χ4n) is 2.33. The van der Waals surface area contributed by atoms with Gasteiger partial charge in [0.15, 0.2) is 0 Å². The Bertz CT molecular complexity index is 562. The van der Waals surface area contributed by atoms with Crippen LogP contribution in [-0.4, -0.2) is 43.9 Å². The van der Waals surface area contributed by atoms with E-state index in [0.29, 0.717) is 31.1 Å². The van der Waals surface area contributed by atoms with E-state index in [1.54, 1.807) is 6.92 Å². The van der Waals surface area contributed by atoms with E-state index in [-0.39, 0.29) is 17.0 Å². The molecule has 1 atom stereocenters. The summed E-state index contributed by atoms with van der Waals surface area (Å²) in [5.41, 5.74) is 1.07. The third kappa shape index (κ3) is 4.26. The second-order valence-corrected chi connectivity index (χ2v) is 7.35. The molecule has 0 aliphatic carbocycles. The van der Waals surface area contributed by atoms with Gasteiger partial charge in [0.2, 0.25) is 10.0 Å². The Balaban J connectivity index is 2.08. The highest BCUT2D eigenvalue weighted by Gasteiger charge is 2.26. The van der Waals surface area contributed by atoms with Gasteiger partial charge in [0.05, 0.1) is 17.5 Å². The van der Waals surface area contributed by atoms with Crippen LogP contribution in [0.3, 0.4) is 0 Å². The average molecular weight is 316 g/mol. The molecule has 0 bridgehead atoms. The fourth-order valence-corrected chi connectivity index (χ4v) is 3.75. The van der Waals surface area contributed by atoms with E-state index in [2.05, 4.69) is 20.2 Å². The van der Waals surface area contributed by atoms with Crippen LogP contribution in [0.2, 0.25) is 0 Å². The van der Waals surface area contributed by atoms with Gasteiger partial charge in [-0.3, -0.25) is 5.10 Å². The molecule has 0 radical (unpaired) electrons. The lowest BCUT2D eigenvalue weighted by Gasteiger charge is -2.12. The molecule has 7 nitrogen and oxygen atoms in total. The first-order valence-electron chi connectivity index (χ1n) is 7.28. The summed E-state index contributed by atoms with van der Waals surface area (Å²) >= 11 is 0. The van der Waals surface area contributed by atoms with Crippen LogP contribution in [0, 0.1) is 6.92 Å². The molecule has 1 aromatic rings. The van der Waals surface area contributed by atoms with Gasteiger partial charge in [-0.2, -0.15) is 5.10 Å². The molecule has 0 spiro atoms. The van der Waals surface area contributed by atoms with Gasteiger partial charge in [-0.15, -0.1) is 0 Å². The van der Waals surface area contributed by atoms with Crippen LogP contribution in [0.4, 0.5) is 0 Å². The van der Waals surface area contributed by atoms with E-state index < -0.39 is 10.0 Å². The fraction of sp³-hybridized carbons (Fsp3) is 0.769. The molecule has 21 heavy (non-hydrogen) atoms. The Kier molecular flexibility index (Phi) is 5.37. The highest BCUT2D eigenvalue weighted by Crippen LogP contribution is 2.18. The lowest BCUT2D eigenvalue weighted by molar-refractivity contribution is 0.114. The van der Waals surface area contributed by atoms with E-state index in [1.807, 2.05) is 13.8 Å². The second kappa shape index (κ2) is 6.87. The van der Waals surface area contributed by atoms with Crippen molar-refractivity contribution in [2.45, 2.75) is 57.2 Å². The number of hydrogen-bond donors (Lipinski definition) is 3. The minimum Gasteiger partial charge on any atom is -0.377 e. The minimum absolute atomic E-state index is 0.0239. The van der Waals surface area contributed by atoms with Gasteiger partial charge in [0, 0.05) is 25.7 Å². The quantitative estimate of drug-likeness (QED) is 0.687. The summed E-state index contributed by atoms with van der Waals surface area (Å²) in [6.07, 6.45) is 1.86. The Hall–Kier alpha value is -0.960. The van der Waals surface area contributed by atoms with Crippen molar-refractivity contribution in [1.82, 2.24) is 20.2 Å². The molecule has 8 heteroatoms. The minimum atomic E-state index is -3.58. The van der Waals surface area contributed by atoms with Crippen LogP contribution in [0.15, 0.2) is 4.90 Å². The van der Waals surface area contributed by atoms with E-state index >= 15 is 0 Å². The number of nitrogens with one attached hydrogen (secondary N) is 3. The first-order chi connectivity index (χ1) is 9.90. The largest absolute Gasteiger partial charge is 0.377 e. The van der Waals surface area contributed by atoms with Gasteiger partial charge in [-0.05, 0) is 19.8 Å². The maximum atomic E-state index is 12.5. The molecule has 0 amide bonds. The van der Waals surface area contributed by atoms with Gasteiger partial charge >= 0.3 is 0 Å². The number of hydrogen-bond acceptors (Lipinski definition) is 5. The second-order valence-electron chi connectivity index (χ2n) is 5.65. The highest BCUT2D eigenvalue weighted by atomic mass is 32.2. The highest BCUT2D eigenvalue weighted by molar-refractivity contribution is 7.89. The van der Waals surface area contributed by atoms with Crippen molar-refractivity contribution in [2.75, 3.05) is 13.2 Å². The average Bonchev–Trinajstić information content (AvgIpc) is 3.03. The van der Waals surface area contributed by atoms with Gasteiger partial charge in [-0.25, -0.2) is 13.1 Å². The van der Waals surface area contributed by atoms with Crippen molar-refractivity contribution >= 4 is 10.0 Å². The van der Waals surface area contributed by atoms with E-state index in [4.69, 9.17) is 4.74 Å². The number of aromatic amines is 1. The van der Waals surface area contributed by atoms with Crippen LogP contribution in [0.1, 0.15) is 38.1 Å². The summed E-state index contributed by atoms with van der Waals surface area (Å²) in [4.78, 5) is 0.244. The third-order valence-electron chi connectivity index (χ3n) is 3.43. The molecule has 1 aliphatic rings. The topological polar surface area (TPSA) is 96.1 Å². The molecule has 120 valence electrons. The van der Waals surface area contributed by atoms with Crippen LogP contribution in [-0.2, 0) is 21.3 Å². The smallest absolute Gasteiger partial charge is 0.244 e. The maximum absolute atomic E-state index is 12.5. The zero-order valence-electron chi connectivity index (χ0n) is 12.8. The monoisotopic (exact) mass is 316 g/mol. The Labute approximate surface area is 125 Å². The van der Waals surface area contributed by atoms with Gasteiger partial charge in [0.25, 0.3) is 0 Å². The van der Waals surface area contributed by atoms with Crippen LogP contribution in [0.5, 0.6) is 0 Å². The summed E-state index contributed by atoms with van der Waals surface area (Å²) < 4.78 is 33.0. The zero-order chi connectivity index (χ0) is 15.5. The predicted octanol–water partition coefficient (Wildman–Crippen LogP) is 0.673. The molecule has 1 fully saturated rings. The lowest BCUT2D eigenvalue weighted by atomic mass is 10.2. The number of sulfonamides is 1. The van der Waals surface area contributed by atoms with Crippen molar-refractivity contribution in [3.05, 3.63) is 11.4 Å². The number of ether oxygens (including phenoxy) is 1. The van der Waals surface area contributed by atoms with Gasteiger partial charge in [-0.1, -0.05) is 13.8 Å². The molecule has 0 saturated carbocycles. The van der Waals surface area contributed by atoms with Crippen molar-refractivity contribution in [3.8, 4) is 0 Å². The molecule has 2 heterocycles. The number of nitrogens with zero attached hydrogens (tertiary/aromatic N) is 1. The third-order valence-corrected chi connectivity index (χ3v) is 5.06.